The zero-order valence-corrected chi connectivity index (χ0v) is 25.1. The van der Waals surface area contributed by atoms with Crippen LogP contribution < -0.4 is 5.32 Å². The van der Waals surface area contributed by atoms with Crippen LogP contribution in [0.5, 0.6) is 0 Å². The Balaban J connectivity index is 0.000000401. The molecule has 0 saturated carbocycles. The van der Waals surface area contributed by atoms with Gasteiger partial charge in [0.2, 0.25) is 0 Å². The molecule has 13 heteroatoms. The monoisotopic (exact) mass is 677 g/mol. The molecule has 2 unspecified atom stereocenters. The van der Waals surface area contributed by atoms with Crippen molar-refractivity contribution in [3.63, 3.8) is 0 Å². The average Bonchev–Trinajstić information content (AvgIpc) is 2.98. The van der Waals surface area contributed by atoms with Gasteiger partial charge in [0.1, 0.15) is 6.10 Å². The van der Waals surface area contributed by atoms with E-state index in [1.54, 1.807) is 12.4 Å². The van der Waals surface area contributed by atoms with Gasteiger partial charge in [-0.2, -0.15) is 0 Å². The van der Waals surface area contributed by atoms with Gasteiger partial charge in [-0.25, -0.2) is 0 Å². The van der Waals surface area contributed by atoms with Crippen LogP contribution in [0.15, 0.2) is 73.1 Å². The van der Waals surface area contributed by atoms with Crippen LogP contribution >= 0.6 is 0 Å². The summed E-state index contributed by atoms with van der Waals surface area (Å²) in [4.78, 5) is 8.34. The molecule has 0 aliphatic carbocycles. The van der Waals surface area contributed by atoms with Gasteiger partial charge in [0.25, 0.3) is 0 Å². The molecule has 1 fully saturated rings. The van der Waals surface area contributed by atoms with Crippen molar-refractivity contribution >= 4 is 0 Å². The Morgan fingerprint density at radius 1 is 0.786 bits per heavy atom. The molecule has 6 N–H and O–H groups in total. The number of aliphatic hydroxyl groups excluding tert-OH is 5. The van der Waals surface area contributed by atoms with E-state index in [0.717, 1.165) is 22.5 Å². The first kappa shape index (κ1) is 38.2. The first-order valence-corrected chi connectivity index (χ1v) is 13.2. The molecular formula is C29H39Cu2N6O5. The van der Waals surface area contributed by atoms with Gasteiger partial charge in [-0.05, 0) is 31.2 Å². The van der Waals surface area contributed by atoms with E-state index in [0.29, 0.717) is 32.7 Å². The maximum absolute atomic E-state index is 9.90. The van der Waals surface area contributed by atoms with E-state index in [1.807, 2.05) is 67.6 Å². The van der Waals surface area contributed by atoms with Crippen molar-refractivity contribution in [2.75, 3.05) is 19.7 Å². The predicted molar refractivity (Wildman–Crippen MR) is 152 cm³/mol. The van der Waals surface area contributed by atoms with Crippen molar-refractivity contribution < 1.29 is 59.7 Å². The molecule has 0 bridgehead atoms. The SMILES string of the molecule is Cc1ccc(C[N-][C@@H]2NC(CO)[C@@H](O)[C@H](O)C2O)cc1.OC(C[N-]Cc1ccccn1)C[N-]Cc1ccccn1.[Cu+2].[Cu+]. The van der Waals surface area contributed by atoms with Gasteiger partial charge in [-0.15, -0.1) is 32.7 Å². The van der Waals surface area contributed by atoms with Gasteiger partial charge in [0, 0.05) is 29.9 Å². The number of benzene rings is 1. The smallest absolute Gasteiger partial charge is 0.655 e. The third-order valence-corrected chi connectivity index (χ3v) is 6.29. The summed E-state index contributed by atoms with van der Waals surface area (Å²) in [5.74, 6) is 0. The third kappa shape index (κ3) is 13.2. The van der Waals surface area contributed by atoms with E-state index in [-0.39, 0.29) is 40.7 Å². The standard InChI is InChI=1S/C15H18N4O.C14H21N2O4.2Cu/c20-15(11-16-9-13-5-1-3-7-18-13)12-17-10-14-6-2-4-8-19-14;1-8-2-4-9(5-3-8)6-15-14-13(20)12(19)11(18)10(7-17)16-14;;/h1-8,15,20H,9-12H2;2-5,10-14,16-20H,6-7H2,1H3;;/q-2;-1;+1;+2/t;10?,11-,12+,13?,14-;;/m.1../s1. The van der Waals surface area contributed by atoms with Crippen LogP contribution in [0.25, 0.3) is 16.0 Å². The fourth-order valence-electron chi connectivity index (χ4n) is 3.96. The number of nitrogens with zero attached hydrogens (tertiary/aromatic N) is 5. The largest absolute Gasteiger partial charge is 2.00 e. The molecule has 0 amide bonds. The fourth-order valence-corrected chi connectivity index (χ4v) is 3.96. The Bertz CT molecular complexity index is 1040. The molecule has 2 aromatic heterocycles. The Kier molecular flexibility index (Phi) is 19.1. The second-order valence-corrected chi connectivity index (χ2v) is 9.62. The fraction of sp³-hybridized carbons (Fsp3) is 0.448. The Labute approximate surface area is 268 Å². The van der Waals surface area contributed by atoms with Crippen LogP contribution in [0.2, 0.25) is 0 Å². The van der Waals surface area contributed by atoms with Crippen molar-refractivity contribution in [1.82, 2.24) is 15.3 Å². The molecule has 237 valence electrons. The van der Waals surface area contributed by atoms with E-state index in [4.69, 9.17) is 5.11 Å². The third-order valence-electron chi connectivity index (χ3n) is 6.29. The number of aliphatic hydroxyl groups is 5. The van der Waals surface area contributed by atoms with Gasteiger partial charge in [-0.3, -0.25) is 9.97 Å². The zero-order chi connectivity index (χ0) is 28.7. The minimum absolute atomic E-state index is 0. The van der Waals surface area contributed by atoms with Crippen LogP contribution in [0.4, 0.5) is 0 Å². The van der Waals surface area contributed by atoms with Crippen molar-refractivity contribution in [2.45, 2.75) is 63.2 Å². The molecular weight excluding hydrogens is 639 g/mol. The second-order valence-electron chi connectivity index (χ2n) is 9.62. The van der Waals surface area contributed by atoms with Gasteiger partial charge < -0.3 is 46.8 Å². The van der Waals surface area contributed by atoms with E-state index in [1.165, 1.54) is 0 Å². The molecule has 4 rings (SSSR count). The predicted octanol–water partition coefficient (Wildman–Crippen LogP) is 1.52. The quantitative estimate of drug-likeness (QED) is 0.156. The van der Waals surface area contributed by atoms with Crippen LogP contribution in [0.3, 0.4) is 0 Å². The van der Waals surface area contributed by atoms with E-state index >= 15 is 0 Å². The van der Waals surface area contributed by atoms with Gasteiger partial charge in [0.05, 0.1) is 24.9 Å². The van der Waals surface area contributed by atoms with E-state index in [2.05, 4.69) is 31.2 Å². The summed E-state index contributed by atoms with van der Waals surface area (Å²) >= 11 is 0. The maximum atomic E-state index is 9.90. The molecule has 3 aromatic rings. The van der Waals surface area contributed by atoms with Gasteiger partial charge >= 0.3 is 34.1 Å². The van der Waals surface area contributed by atoms with Crippen LogP contribution in [-0.2, 0) is 53.8 Å². The summed E-state index contributed by atoms with van der Waals surface area (Å²) in [6.07, 6.45) is -1.50. The van der Waals surface area contributed by atoms with Crippen LogP contribution in [0.1, 0.15) is 22.5 Å². The molecule has 1 aromatic carbocycles. The first-order chi connectivity index (χ1) is 19.4. The van der Waals surface area contributed by atoms with Crippen molar-refractivity contribution in [2.24, 2.45) is 0 Å². The summed E-state index contributed by atoms with van der Waals surface area (Å²) < 4.78 is 0. The molecule has 5 atom stereocenters. The minimum atomic E-state index is -1.32. The summed E-state index contributed by atoms with van der Waals surface area (Å²) in [6.45, 7) is 3.86. The Hall–Kier alpha value is -1.80. The molecule has 1 radical (unpaired) electrons. The summed E-state index contributed by atoms with van der Waals surface area (Å²) in [5.41, 5.74) is 3.96. The van der Waals surface area contributed by atoms with E-state index < -0.39 is 36.6 Å². The van der Waals surface area contributed by atoms with Crippen LogP contribution in [-0.4, -0.2) is 91.8 Å². The average molecular weight is 679 g/mol. The van der Waals surface area contributed by atoms with Gasteiger partial charge in [-0.1, -0.05) is 53.7 Å². The summed E-state index contributed by atoms with van der Waals surface area (Å²) in [6, 6.07) is 18.6. The topological polar surface area (TPSA) is 181 Å². The first-order valence-electron chi connectivity index (χ1n) is 13.2. The molecule has 11 nitrogen and oxygen atoms in total. The number of aromatic nitrogens is 2. The van der Waals surface area contributed by atoms with Crippen molar-refractivity contribution in [3.8, 4) is 0 Å². The number of rotatable bonds is 12. The zero-order valence-electron chi connectivity index (χ0n) is 23.2. The molecule has 1 aliphatic heterocycles. The molecule has 3 heterocycles. The number of nitrogens with one attached hydrogen (secondary N) is 1. The van der Waals surface area contributed by atoms with Crippen LogP contribution in [0, 0.1) is 6.92 Å². The summed E-state index contributed by atoms with van der Waals surface area (Å²) in [7, 11) is 0. The number of hydrogen-bond donors (Lipinski definition) is 6. The normalized spacial score (nSPS) is 21.5. The summed E-state index contributed by atoms with van der Waals surface area (Å²) in [5, 5.41) is 63.9. The Morgan fingerprint density at radius 3 is 1.81 bits per heavy atom. The molecule has 0 spiro atoms. The van der Waals surface area contributed by atoms with Crippen molar-refractivity contribution in [3.05, 3.63) is 112 Å². The second kappa shape index (κ2) is 21.0. The molecule has 1 aliphatic rings. The Morgan fingerprint density at radius 2 is 1.33 bits per heavy atom. The van der Waals surface area contributed by atoms with Crippen molar-refractivity contribution in [1.29, 1.82) is 0 Å². The van der Waals surface area contributed by atoms with E-state index in [9.17, 15) is 20.4 Å². The minimum Gasteiger partial charge on any atom is -0.655 e. The molecule has 42 heavy (non-hydrogen) atoms. The number of hydrogen-bond acceptors (Lipinski definition) is 8. The molecule has 1 saturated heterocycles. The number of pyridine rings is 2. The van der Waals surface area contributed by atoms with Gasteiger partial charge in [0.15, 0.2) is 0 Å². The number of aryl methyl sites for hydroxylation is 1. The number of piperidine rings is 1. The maximum Gasteiger partial charge on any atom is 2.00 e.